The fourth-order valence-corrected chi connectivity index (χ4v) is 2.55. The minimum atomic E-state index is -0.146. The molecule has 21 heavy (non-hydrogen) atoms. The molecule has 1 aromatic carbocycles. The van der Waals surface area contributed by atoms with E-state index in [9.17, 15) is 4.79 Å². The second-order valence-electron chi connectivity index (χ2n) is 5.06. The number of carbonyl (C=O) groups is 1. The van der Waals surface area contributed by atoms with Crippen molar-refractivity contribution in [2.24, 2.45) is 5.92 Å². The molecule has 1 aliphatic heterocycles. The number of amides is 1. The Morgan fingerprint density at radius 1 is 1.48 bits per heavy atom. The molecule has 0 radical (unpaired) electrons. The average molecular weight is 333 g/mol. The molecule has 1 aromatic rings. The summed E-state index contributed by atoms with van der Waals surface area (Å²) in [7, 11) is 1.65. The van der Waals surface area contributed by atoms with Gasteiger partial charge in [-0.05, 0) is 37.1 Å². The largest absolute Gasteiger partial charge is 0.375 e. The van der Waals surface area contributed by atoms with Gasteiger partial charge >= 0.3 is 0 Å². The van der Waals surface area contributed by atoms with E-state index >= 15 is 0 Å². The van der Waals surface area contributed by atoms with Crippen LogP contribution < -0.4 is 10.6 Å². The predicted octanol–water partition coefficient (Wildman–Crippen LogP) is 2.57. The summed E-state index contributed by atoms with van der Waals surface area (Å²) in [6.45, 7) is 2.26. The molecule has 0 spiro atoms. The highest BCUT2D eigenvalue weighted by atomic mass is 35.5. The maximum absolute atomic E-state index is 12.1. The lowest BCUT2D eigenvalue weighted by Crippen LogP contribution is -2.41. The number of benzene rings is 1. The highest BCUT2D eigenvalue weighted by Crippen LogP contribution is 2.19. The molecule has 2 unspecified atom stereocenters. The summed E-state index contributed by atoms with van der Waals surface area (Å²) >= 11 is 5.87. The van der Waals surface area contributed by atoms with Gasteiger partial charge in [0.25, 0.3) is 0 Å². The van der Waals surface area contributed by atoms with Crippen molar-refractivity contribution < 1.29 is 9.53 Å². The molecule has 0 bridgehead atoms. The number of carbonyl (C=O) groups excluding carboxylic acids is 1. The first kappa shape index (κ1) is 18.2. The van der Waals surface area contributed by atoms with Crippen LogP contribution in [0, 0.1) is 5.92 Å². The van der Waals surface area contributed by atoms with E-state index in [0.29, 0.717) is 11.6 Å². The monoisotopic (exact) mass is 332 g/mol. The summed E-state index contributed by atoms with van der Waals surface area (Å²) in [6, 6.07) is 7.50. The zero-order valence-electron chi connectivity index (χ0n) is 12.1. The highest BCUT2D eigenvalue weighted by molar-refractivity contribution is 6.30. The number of hydrogen-bond acceptors (Lipinski definition) is 3. The Bertz CT molecular complexity index is 434. The van der Waals surface area contributed by atoms with Crippen molar-refractivity contribution in [3.63, 3.8) is 0 Å². The lowest BCUT2D eigenvalue weighted by Gasteiger charge is -2.23. The normalized spacial score (nSPS) is 19.4. The molecule has 2 N–H and O–H groups in total. The Balaban J connectivity index is 0.00000220. The van der Waals surface area contributed by atoms with E-state index < -0.39 is 0 Å². The van der Waals surface area contributed by atoms with Crippen LogP contribution in [0.4, 0.5) is 0 Å². The Kier molecular flexibility index (Phi) is 8.04. The quantitative estimate of drug-likeness (QED) is 0.871. The molecule has 1 aliphatic rings. The van der Waals surface area contributed by atoms with Gasteiger partial charge in [-0.3, -0.25) is 4.79 Å². The molecule has 1 amide bonds. The van der Waals surface area contributed by atoms with Crippen molar-refractivity contribution in [1.82, 2.24) is 10.6 Å². The molecule has 0 aliphatic carbocycles. The molecule has 6 heteroatoms. The summed E-state index contributed by atoms with van der Waals surface area (Å²) in [5.41, 5.74) is 1.01. The number of hydrogen-bond donors (Lipinski definition) is 2. The summed E-state index contributed by atoms with van der Waals surface area (Å²) in [4.78, 5) is 12.1. The molecule has 0 saturated carbocycles. The molecule has 4 nitrogen and oxygen atoms in total. The van der Waals surface area contributed by atoms with E-state index in [-0.39, 0.29) is 30.3 Å². The smallest absolute Gasteiger partial charge is 0.224 e. The van der Waals surface area contributed by atoms with Gasteiger partial charge in [-0.25, -0.2) is 0 Å². The SMILES string of the molecule is COC(CNC(=O)C1CCCNC1)c1ccc(Cl)cc1.Cl. The van der Waals surface area contributed by atoms with Gasteiger partial charge in [0.15, 0.2) is 0 Å². The molecular weight excluding hydrogens is 311 g/mol. The zero-order valence-corrected chi connectivity index (χ0v) is 13.7. The van der Waals surface area contributed by atoms with Crippen LogP contribution in [0.2, 0.25) is 5.02 Å². The van der Waals surface area contributed by atoms with Crippen molar-refractivity contribution in [3.05, 3.63) is 34.9 Å². The Hall–Kier alpha value is -0.810. The first-order valence-corrected chi connectivity index (χ1v) is 7.35. The van der Waals surface area contributed by atoms with Crippen molar-refractivity contribution >= 4 is 29.9 Å². The third kappa shape index (κ3) is 5.47. The maximum Gasteiger partial charge on any atom is 0.224 e. The number of ether oxygens (including phenoxy) is 1. The van der Waals surface area contributed by atoms with Crippen LogP contribution in [0.3, 0.4) is 0 Å². The summed E-state index contributed by atoms with van der Waals surface area (Å²) in [6.07, 6.45) is 1.87. The zero-order chi connectivity index (χ0) is 14.4. The van der Waals surface area contributed by atoms with E-state index in [1.165, 1.54) is 0 Å². The second kappa shape index (κ2) is 9.26. The van der Waals surface area contributed by atoms with Crippen LogP contribution in [0.15, 0.2) is 24.3 Å². The number of piperidine rings is 1. The summed E-state index contributed by atoms with van der Waals surface area (Å²) < 4.78 is 5.44. The van der Waals surface area contributed by atoms with Crippen molar-refractivity contribution in [2.45, 2.75) is 18.9 Å². The van der Waals surface area contributed by atoms with Gasteiger partial charge in [0.1, 0.15) is 0 Å². The average Bonchev–Trinajstić information content (AvgIpc) is 2.50. The van der Waals surface area contributed by atoms with E-state index in [4.69, 9.17) is 16.3 Å². The van der Waals surface area contributed by atoms with Gasteiger partial charge in [-0.15, -0.1) is 12.4 Å². The first-order valence-electron chi connectivity index (χ1n) is 6.97. The van der Waals surface area contributed by atoms with Crippen LogP contribution >= 0.6 is 24.0 Å². The van der Waals surface area contributed by atoms with Crippen LogP contribution in [0.25, 0.3) is 0 Å². The molecular formula is C15H22Cl2N2O2. The molecule has 1 fully saturated rings. The Labute approximate surface area is 137 Å². The first-order chi connectivity index (χ1) is 9.70. The van der Waals surface area contributed by atoms with Gasteiger partial charge in [-0.2, -0.15) is 0 Å². The van der Waals surface area contributed by atoms with Crippen molar-refractivity contribution in [1.29, 1.82) is 0 Å². The number of rotatable bonds is 5. The number of halogens is 2. The minimum Gasteiger partial charge on any atom is -0.375 e. The molecule has 2 atom stereocenters. The van der Waals surface area contributed by atoms with Gasteiger partial charge in [-0.1, -0.05) is 23.7 Å². The van der Waals surface area contributed by atoms with E-state index in [2.05, 4.69) is 10.6 Å². The fraction of sp³-hybridized carbons (Fsp3) is 0.533. The molecule has 1 heterocycles. The highest BCUT2D eigenvalue weighted by Gasteiger charge is 2.21. The lowest BCUT2D eigenvalue weighted by atomic mass is 9.98. The van der Waals surface area contributed by atoms with Crippen molar-refractivity contribution in [2.75, 3.05) is 26.7 Å². The predicted molar refractivity (Wildman–Crippen MR) is 87.1 cm³/mol. The lowest BCUT2D eigenvalue weighted by molar-refractivity contribution is -0.126. The maximum atomic E-state index is 12.1. The van der Waals surface area contributed by atoms with E-state index in [0.717, 1.165) is 31.5 Å². The molecule has 2 rings (SSSR count). The number of methoxy groups -OCH3 is 1. The third-order valence-electron chi connectivity index (χ3n) is 3.66. The van der Waals surface area contributed by atoms with Crippen LogP contribution in [-0.2, 0) is 9.53 Å². The molecule has 1 saturated heterocycles. The Morgan fingerprint density at radius 2 is 2.19 bits per heavy atom. The fourth-order valence-electron chi connectivity index (χ4n) is 2.43. The van der Waals surface area contributed by atoms with Crippen LogP contribution in [0.1, 0.15) is 24.5 Å². The number of nitrogens with one attached hydrogen (secondary N) is 2. The van der Waals surface area contributed by atoms with Crippen LogP contribution in [-0.4, -0.2) is 32.7 Å². The minimum absolute atomic E-state index is 0. The van der Waals surface area contributed by atoms with Crippen LogP contribution in [0.5, 0.6) is 0 Å². The van der Waals surface area contributed by atoms with Gasteiger partial charge < -0.3 is 15.4 Å². The van der Waals surface area contributed by atoms with Gasteiger partial charge in [0, 0.05) is 25.2 Å². The van der Waals surface area contributed by atoms with E-state index in [1.807, 2.05) is 24.3 Å². The standard InChI is InChI=1S/C15H21ClN2O2.ClH/c1-20-14(11-4-6-13(16)7-5-11)10-18-15(19)12-3-2-8-17-9-12;/h4-7,12,14,17H,2-3,8-10H2,1H3,(H,18,19);1H. The van der Waals surface area contributed by atoms with E-state index in [1.54, 1.807) is 7.11 Å². The van der Waals surface area contributed by atoms with Gasteiger partial charge in [0.05, 0.1) is 12.0 Å². The van der Waals surface area contributed by atoms with Gasteiger partial charge in [0.2, 0.25) is 5.91 Å². The Morgan fingerprint density at radius 3 is 2.76 bits per heavy atom. The summed E-state index contributed by atoms with van der Waals surface area (Å²) in [5, 5.41) is 6.92. The summed E-state index contributed by atoms with van der Waals surface area (Å²) in [5.74, 6) is 0.180. The third-order valence-corrected chi connectivity index (χ3v) is 3.91. The molecule has 118 valence electrons. The van der Waals surface area contributed by atoms with Crippen molar-refractivity contribution in [3.8, 4) is 0 Å². The topological polar surface area (TPSA) is 50.4 Å². The second-order valence-corrected chi connectivity index (χ2v) is 5.50. The molecule has 0 aromatic heterocycles.